The fourth-order valence-corrected chi connectivity index (χ4v) is 9.26. The summed E-state index contributed by atoms with van der Waals surface area (Å²) >= 11 is 0. The van der Waals surface area contributed by atoms with Crippen LogP contribution < -0.4 is 4.90 Å². The van der Waals surface area contributed by atoms with Crippen LogP contribution in [0.5, 0.6) is 0 Å². The van der Waals surface area contributed by atoms with E-state index in [2.05, 4.69) is 178 Å². The van der Waals surface area contributed by atoms with Crippen molar-refractivity contribution in [1.82, 2.24) is 29.9 Å². The summed E-state index contributed by atoms with van der Waals surface area (Å²) in [4.78, 5) is 56.0. The topological polar surface area (TPSA) is 121 Å². The monoisotopic (exact) mass is 909 g/mol. The summed E-state index contributed by atoms with van der Waals surface area (Å²) in [5, 5.41) is 0. The molecule has 10 rings (SSSR count). The first-order valence-corrected chi connectivity index (χ1v) is 23.8. The largest absolute Gasteiger partial charge is 0.355 e. The van der Waals surface area contributed by atoms with Gasteiger partial charge in [0.1, 0.15) is 0 Å². The molecule has 7 aromatic rings. The summed E-state index contributed by atoms with van der Waals surface area (Å²) in [5.41, 5.74) is 17.3. The van der Waals surface area contributed by atoms with Gasteiger partial charge in [-0.15, -0.1) is 0 Å². The lowest BCUT2D eigenvalue weighted by Crippen LogP contribution is -2.31. The van der Waals surface area contributed by atoms with Gasteiger partial charge in [0.2, 0.25) is 5.95 Å². The first-order chi connectivity index (χ1) is 32.5. The Hall–Kier alpha value is -7.52. The molecule has 3 aromatic carbocycles. The molecular weight excluding hydrogens is 851 g/mol. The highest BCUT2D eigenvalue weighted by Gasteiger charge is 2.38. The van der Waals surface area contributed by atoms with E-state index in [1.165, 1.54) is 22.3 Å². The molecule has 0 fully saturated rings. The minimum absolute atomic E-state index is 0.00697. The summed E-state index contributed by atoms with van der Waals surface area (Å²) in [5.74, 6) is -0.895. The van der Waals surface area contributed by atoms with Gasteiger partial charge in [-0.05, 0) is 122 Å². The first-order valence-electron chi connectivity index (χ1n) is 23.8. The number of carbonyl (C=O) groups is 2. The number of nitrogens with one attached hydrogen (secondary N) is 2. The molecule has 9 nitrogen and oxygen atoms in total. The third-order valence-electron chi connectivity index (χ3n) is 13.4. The molecule has 3 aliphatic rings. The van der Waals surface area contributed by atoms with Gasteiger partial charge in [0, 0.05) is 56.7 Å². The second kappa shape index (κ2) is 16.0. The highest BCUT2D eigenvalue weighted by Crippen LogP contribution is 2.41. The Morgan fingerprint density at radius 2 is 0.841 bits per heavy atom. The van der Waals surface area contributed by atoms with Crippen LogP contribution in [0.25, 0.3) is 79.8 Å². The average molecular weight is 910 g/mol. The molecule has 346 valence electrons. The quantitative estimate of drug-likeness (QED) is 0.170. The van der Waals surface area contributed by atoms with Crippen molar-refractivity contribution in [3.63, 3.8) is 0 Å². The van der Waals surface area contributed by atoms with Crippen LogP contribution in [0, 0.1) is 0 Å². The maximum atomic E-state index is 13.5. The number of nitrogens with zero attached hydrogens (tertiary/aromatic N) is 5. The van der Waals surface area contributed by atoms with Crippen molar-refractivity contribution in [3.8, 4) is 33.4 Å². The summed E-state index contributed by atoms with van der Waals surface area (Å²) in [6.07, 6.45) is 11.7. The summed E-state index contributed by atoms with van der Waals surface area (Å²) < 4.78 is 0. The van der Waals surface area contributed by atoms with E-state index >= 15 is 0 Å². The number of H-pyrrole nitrogens is 2. The fraction of sp³-hybridized carbons (Fsp3) is 0.267. The lowest BCUT2D eigenvalue weighted by Gasteiger charge is -2.26. The number of imide groups is 1. The van der Waals surface area contributed by atoms with Crippen LogP contribution in [0.4, 0.5) is 5.95 Å². The van der Waals surface area contributed by atoms with Gasteiger partial charge in [0.15, 0.2) is 0 Å². The molecule has 0 unspecified atom stereocenters. The van der Waals surface area contributed by atoms with Crippen molar-refractivity contribution >= 4 is 64.1 Å². The minimum atomic E-state index is -0.451. The Morgan fingerprint density at radius 1 is 0.435 bits per heavy atom. The number of amides is 2. The number of anilines is 1. The van der Waals surface area contributed by atoms with Crippen LogP contribution in [0.1, 0.15) is 149 Å². The Kier molecular flexibility index (Phi) is 10.5. The van der Waals surface area contributed by atoms with E-state index in [1.807, 2.05) is 6.08 Å². The zero-order valence-corrected chi connectivity index (χ0v) is 41.7. The second-order valence-corrected chi connectivity index (χ2v) is 22.7. The fourth-order valence-electron chi connectivity index (χ4n) is 9.26. The van der Waals surface area contributed by atoms with Gasteiger partial charge >= 0.3 is 0 Å². The molecule has 0 aliphatic carbocycles. The minimum Gasteiger partial charge on any atom is -0.355 e. The summed E-state index contributed by atoms with van der Waals surface area (Å²) in [6, 6.07) is 31.2. The van der Waals surface area contributed by atoms with Crippen LogP contribution in [0.3, 0.4) is 0 Å². The van der Waals surface area contributed by atoms with E-state index in [-0.39, 0.29) is 27.6 Å². The molecule has 2 amide bonds. The SMILES string of the molecule is CC(C)(C)c1cc(-c2c3nc(c(-c4cnc(N5C(=O)c6ccccc6C5=O)nc4)c4ccc([nH]4)c(-c4cc(C(C)(C)C)cc(C(C)(C)C)c4)c4nc(cc5ccc2[nH]5)C=C4)C=C3)cc(C(C)(C)C)c1. The van der Waals surface area contributed by atoms with Crippen LogP contribution >= 0.6 is 0 Å². The van der Waals surface area contributed by atoms with E-state index in [4.69, 9.17) is 19.9 Å². The number of aromatic nitrogens is 6. The molecular formula is C60H59N7O2. The van der Waals surface area contributed by atoms with Gasteiger partial charge in [-0.1, -0.05) is 132 Å². The van der Waals surface area contributed by atoms with Crippen molar-refractivity contribution in [1.29, 1.82) is 0 Å². The summed E-state index contributed by atoms with van der Waals surface area (Å²) in [7, 11) is 0. The molecule has 8 bridgehead atoms. The smallest absolute Gasteiger partial charge is 0.268 e. The van der Waals surface area contributed by atoms with E-state index < -0.39 is 11.8 Å². The maximum absolute atomic E-state index is 13.5. The Balaban J connectivity index is 1.29. The van der Waals surface area contributed by atoms with Crippen molar-refractivity contribution in [2.45, 2.75) is 105 Å². The van der Waals surface area contributed by atoms with Crippen molar-refractivity contribution < 1.29 is 9.59 Å². The van der Waals surface area contributed by atoms with Crippen LogP contribution in [0.15, 0.2) is 103 Å². The molecule has 4 aromatic heterocycles. The Labute approximate surface area is 404 Å². The third-order valence-corrected chi connectivity index (χ3v) is 13.4. The van der Waals surface area contributed by atoms with Gasteiger partial charge in [0.25, 0.3) is 11.8 Å². The molecule has 0 radical (unpaired) electrons. The number of benzene rings is 3. The zero-order valence-electron chi connectivity index (χ0n) is 41.7. The molecule has 0 saturated heterocycles. The van der Waals surface area contributed by atoms with Gasteiger partial charge < -0.3 is 9.97 Å². The standard InChI is InChI=1S/C60H59N7O2/c1-57(2,3)37-25-34(26-38(29-37)58(4,5)6)51-45-19-17-41(63-45)31-42-18-20-46(64-42)52(35-27-39(59(7,8)9)30-40(28-35)60(10,11)12)48-22-24-50(66-48)53(49-23-21-47(51)65-49)36-32-61-56(62-33-36)67-54(68)43-15-13-14-16-44(43)55(67)69/h13-33,63,66H,1-12H3. The number of rotatable bonds is 4. The van der Waals surface area contributed by atoms with Crippen molar-refractivity contribution in [2.24, 2.45) is 0 Å². The second-order valence-electron chi connectivity index (χ2n) is 22.7. The lowest BCUT2D eigenvalue weighted by atomic mass is 9.78. The van der Waals surface area contributed by atoms with Crippen LogP contribution in [0.2, 0.25) is 0 Å². The zero-order chi connectivity index (χ0) is 48.9. The molecule has 3 aliphatic heterocycles. The third kappa shape index (κ3) is 8.34. The summed E-state index contributed by atoms with van der Waals surface area (Å²) in [6.45, 7) is 27.1. The average Bonchev–Trinajstić information content (AvgIpc) is 4.15. The van der Waals surface area contributed by atoms with Crippen molar-refractivity contribution in [3.05, 3.63) is 160 Å². The Bertz CT molecular complexity index is 3350. The van der Waals surface area contributed by atoms with E-state index in [0.29, 0.717) is 22.4 Å². The molecule has 69 heavy (non-hydrogen) atoms. The van der Waals surface area contributed by atoms with E-state index in [1.54, 1.807) is 36.7 Å². The van der Waals surface area contributed by atoms with Crippen LogP contribution in [-0.2, 0) is 21.7 Å². The molecule has 0 spiro atoms. The highest BCUT2D eigenvalue weighted by atomic mass is 16.2. The maximum Gasteiger partial charge on any atom is 0.268 e. The van der Waals surface area contributed by atoms with Gasteiger partial charge in [-0.2, -0.15) is 0 Å². The normalized spacial score (nSPS) is 14.0. The molecule has 0 atom stereocenters. The number of aromatic amines is 2. The molecule has 2 N–H and O–H groups in total. The van der Waals surface area contributed by atoms with Crippen LogP contribution in [-0.4, -0.2) is 41.7 Å². The molecule has 0 saturated carbocycles. The van der Waals surface area contributed by atoms with E-state index in [0.717, 1.165) is 71.9 Å². The number of hydrogen-bond acceptors (Lipinski definition) is 6. The first kappa shape index (κ1) is 45.3. The molecule has 7 heterocycles. The Morgan fingerprint density at radius 3 is 1.30 bits per heavy atom. The van der Waals surface area contributed by atoms with E-state index in [9.17, 15) is 9.59 Å². The number of hydrogen-bond donors (Lipinski definition) is 2. The predicted molar refractivity (Wildman–Crippen MR) is 283 cm³/mol. The van der Waals surface area contributed by atoms with Gasteiger partial charge in [-0.3, -0.25) is 9.59 Å². The number of fused-ring (bicyclic) bond motifs is 9. The highest BCUT2D eigenvalue weighted by molar-refractivity contribution is 6.33. The predicted octanol–water partition coefficient (Wildman–Crippen LogP) is 14.4. The van der Waals surface area contributed by atoms with Gasteiger partial charge in [0.05, 0.1) is 33.9 Å². The number of carbonyl (C=O) groups excluding carboxylic acids is 2. The van der Waals surface area contributed by atoms with Crippen molar-refractivity contribution in [2.75, 3.05) is 4.90 Å². The lowest BCUT2D eigenvalue weighted by molar-refractivity contribution is 0.0923. The molecule has 9 heteroatoms. The van der Waals surface area contributed by atoms with Gasteiger partial charge in [-0.25, -0.2) is 24.8 Å².